The topological polar surface area (TPSA) is 59.1 Å². The maximum Gasteiger partial charge on any atom is 0.225 e. The monoisotopic (exact) mass is 336 g/mol. The van der Waals surface area contributed by atoms with Gasteiger partial charge in [-0.05, 0) is 44.2 Å². The van der Waals surface area contributed by atoms with Gasteiger partial charge >= 0.3 is 0 Å². The maximum absolute atomic E-state index is 12.2. The first-order valence-electron chi connectivity index (χ1n) is 7.22. The molecule has 22 heavy (non-hydrogen) atoms. The predicted molar refractivity (Wildman–Crippen MR) is 90.8 cm³/mol. The Balaban J connectivity index is 2.01. The van der Waals surface area contributed by atoms with Crippen molar-refractivity contribution in [2.75, 3.05) is 0 Å². The van der Waals surface area contributed by atoms with E-state index in [9.17, 15) is 9.59 Å². The number of thiazole rings is 1. The predicted octanol–water partition coefficient (Wildman–Crippen LogP) is 3.83. The summed E-state index contributed by atoms with van der Waals surface area (Å²) in [5, 5.41) is 5.87. The van der Waals surface area contributed by atoms with Crippen LogP contribution in [-0.4, -0.2) is 16.7 Å². The highest BCUT2D eigenvalue weighted by molar-refractivity contribution is 7.12. The molecule has 0 radical (unpaired) electrons. The molecule has 118 valence electrons. The van der Waals surface area contributed by atoms with Crippen LogP contribution in [0.2, 0.25) is 0 Å². The molecule has 0 aliphatic carbocycles. The van der Waals surface area contributed by atoms with Gasteiger partial charge in [-0.15, -0.1) is 22.7 Å². The zero-order chi connectivity index (χ0) is 16.3. The van der Waals surface area contributed by atoms with Crippen LogP contribution in [0.15, 0.2) is 11.4 Å². The van der Waals surface area contributed by atoms with Gasteiger partial charge in [-0.3, -0.25) is 9.59 Å². The fourth-order valence-corrected chi connectivity index (χ4v) is 3.94. The van der Waals surface area contributed by atoms with Crippen molar-refractivity contribution < 1.29 is 9.59 Å². The third-order valence-corrected chi connectivity index (χ3v) is 5.72. The van der Waals surface area contributed by atoms with Gasteiger partial charge in [0.05, 0.1) is 23.0 Å². The lowest BCUT2D eigenvalue weighted by Crippen LogP contribution is -2.29. The summed E-state index contributed by atoms with van der Waals surface area (Å²) in [5.74, 6) is 0.00193. The molecule has 0 unspecified atom stereocenters. The summed E-state index contributed by atoms with van der Waals surface area (Å²) in [4.78, 5) is 29.9. The molecule has 0 aliphatic heterocycles. The van der Waals surface area contributed by atoms with E-state index in [0.29, 0.717) is 11.3 Å². The van der Waals surface area contributed by atoms with E-state index in [1.165, 1.54) is 23.1 Å². The molecule has 0 aromatic carbocycles. The molecule has 2 rings (SSSR count). The Hall–Kier alpha value is -1.53. The average Bonchev–Trinajstić information content (AvgIpc) is 3.04. The first-order chi connectivity index (χ1) is 10.4. The van der Waals surface area contributed by atoms with Crippen molar-refractivity contribution in [3.63, 3.8) is 0 Å². The maximum atomic E-state index is 12.2. The van der Waals surface area contributed by atoms with Crippen LogP contribution < -0.4 is 5.32 Å². The standard InChI is InChI=1S/C16H20N2O2S2/c1-5-13(16-17-9(2)11(4)22-16)18-15(20)7-12-6-14(10(3)19)21-8-12/h6,8,13H,5,7H2,1-4H3,(H,18,20)/t13-/m1/s1. The van der Waals surface area contributed by atoms with Gasteiger partial charge in [0.25, 0.3) is 0 Å². The molecular weight excluding hydrogens is 316 g/mol. The van der Waals surface area contributed by atoms with E-state index < -0.39 is 0 Å². The van der Waals surface area contributed by atoms with E-state index in [4.69, 9.17) is 0 Å². The minimum atomic E-state index is -0.0455. The lowest BCUT2D eigenvalue weighted by molar-refractivity contribution is -0.121. The van der Waals surface area contributed by atoms with Crippen molar-refractivity contribution in [3.8, 4) is 0 Å². The highest BCUT2D eigenvalue weighted by atomic mass is 32.1. The number of ketones is 1. The lowest BCUT2D eigenvalue weighted by atomic mass is 10.2. The summed E-state index contributed by atoms with van der Waals surface area (Å²) in [6.07, 6.45) is 1.10. The second-order valence-corrected chi connectivity index (χ2v) is 7.42. The van der Waals surface area contributed by atoms with E-state index in [2.05, 4.69) is 10.3 Å². The van der Waals surface area contributed by atoms with Crippen molar-refractivity contribution in [2.45, 2.75) is 46.6 Å². The molecular formula is C16H20N2O2S2. The molecule has 0 bridgehead atoms. The van der Waals surface area contributed by atoms with Gasteiger partial charge in [0, 0.05) is 4.88 Å². The molecule has 0 saturated heterocycles. The zero-order valence-corrected chi connectivity index (χ0v) is 14.9. The second kappa shape index (κ2) is 7.15. The highest BCUT2D eigenvalue weighted by Gasteiger charge is 2.18. The molecule has 1 N–H and O–H groups in total. The van der Waals surface area contributed by atoms with Crippen molar-refractivity contribution in [2.24, 2.45) is 0 Å². The number of aryl methyl sites for hydroxylation is 2. The first-order valence-corrected chi connectivity index (χ1v) is 8.92. The van der Waals surface area contributed by atoms with Crippen LogP contribution in [0.5, 0.6) is 0 Å². The van der Waals surface area contributed by atoms with E-state index >= 15 is 0 Å². The van der Waals surface area contributed by atoms with Gasteiger partial charge in [0.15, 0.2) is 5.78 Å². The first kappa shape index (κ1) is 16.8. The molecule has 2 aromatic rings. The molecule has 2 heterocycles. The summed E-state index contributed by atoms with van der Waals surface area (Å²) in [5.41, 5.74) is 1.91. The fourth-order valence-electron chi connectivity index (χ4n) is 2.07. The van der Waals surface area contributed by atoms with Crippen molar-refractivity contribution in [1.29, 1.82) is 0 Å². The van der Waals surface area contributed by atoms with Gasteiger partial charge in [-0.25, -0.2) is 4.98 Å². The van der Waals surface area contributed by atoms with Crippen LogP contribution in [0.25, 0.3) is 0 Å². The van der Waals surface area contributed by atoms with Crippen LogP contribution >= 0.6 is 22.7 Å². The Morgan fingerprint density at radius 3 is 2.59 bits per heavy atom. The third kappa shape index (κ3) is 4.01. The zero-order valence-electron chi connectivity index (χ0n) is 13.2. The Morgan fingerprint density at radius 2 is 2.09 bits per heavy atom. The largest absolute Gasteiger partial charge is 0.347 e. The Bertz CT molecular complexity index is 669. The van der Waals surface area contributed by atoms with Crippen molar-refractivity contribution >= 4 is 34.4 Å². The van der Waals surface area contributed by atoms with Crippen LogP contribution in [0, 0.1) is 13.8 Å². The number of hydrogen-bond donors (Lipinski definition) is 1. The number of rotatable bonds is 6. The average molecular weight is 336 g/mol. The number of carbonyl (C=O) groups is 2. The minimum Gasteiger partial charge on any atom is -0.347 e. The molecule has 6 heteroatoms. The number of carbonyl (C=O) groups excluding carboxylic acids is 2. The molecule has 2 aromatic heterocycles. The van der Waals surface area contributed by atoms with E-state index in [0.717, 1.165) is 22.7 Å². The Labute approximate surface area is 138 Å². The molecule has 4 nitrogen and oxygen atoms in total. The minimum absolute atomic E-state index is 0.0368. The van der Waals surface area contributed by atoms with Gasteiger partial charge in [0.2, 0.25) is 5.91 Å². The SMILES string of the molecule is CC[C@@H](NC(=O)Cc1csc(C(C)=O)c1)c1nc(C)c(C)s1. The number of nitrogens with zero attached hydrogens (tertiary/aromatic N) is 1. The van der Waals surface area contributed by atoms with Crippen LogP contribution in [0.1, 0.15) is 57.1 Å². The highest BCUT2D eigenvalue weighted by Crippen LogP contribution is 2.25. The van der Waals surface area contributed by atoms with Gasteiger partial charge in [-0.2, -0.15) is 0 Å². The molecule has 0 spiro atoms. The van der Waals surface area contributed by atoms with E-state index in [1.54, 1.807) is 17.4 Å². The molecule has 0 aliphatic rings. The van der Waals surface area contributed by atoms with Gasteiger partial charge in [-0.1, -0.05) is 6.92 Å². The molecule has 0 fully saturated rings. The lowest BCUT2D eigenvalue weighted by Gasteiger charge is -2.14. The number of hydrogen-bond acceptors (Lipinski definition) is 5. The summed E-state index contributed by atoms with van der Waals surface area (Å²) >= 11 is 3.02. The Morgan fingerprint density at radius 1 is 1.36 bits per heavy atom. The van der Waals surface area contributed by atoms with Gasteiger partial charge < -0.3 is 5.32 Å². The molecule has 1 atom stereocenters. The molecule has 0 saturated carbocycles. The summed E-state index contributed by atoms with van der Waals surface area (Å²) < 4.78 is 0. The number of Topliss-reactive ketones (excluding diaryl/α,β-unsaturated/α-hetero) is 1. The quantitative estimate of drug-likeness (QED) is 0.816. The smallest absolute Gasteiger partial charge is 0.225 e. The van der Waals surface area contributed by atoms with Crippen molar-refractivity contribution in [1.82, 2.24) is 10.3 Å². The van der Waals surface area contributed by atoms with Crippen LogP contribution in [-0.2, 0) is 11.2 Å². The van der Waals surface area contributed by atoms with Crippen LogP contribution in [0.4, 0.5) is 0 Å². The third-order valence-electron chi connectivity index (χ3n) is 3.45. The number of thiophene rings is 1. The summed E-state index contributed by atoms with van der Waals surface area (Å²) in [6.45, 7) is 7.60. The number of aromatic nitrogens is 1. The van der Waals surface area contributed by atoms with E-state index in [-0.39, 0.29) is 17.7 Å². The number of nitrogens with one attached hydrogen (secondary N) is 1. The van der Waals surface area contributed by atoms with Gasteiger partial charge in [0.1, 0.15) is 5.01 Å². The normalized spacial score (nSPS) is 12.2. The van der Waals surface area contributed by atoms with E-state index in [1.807, 2.05) is 26.2 Å². The van der Waals surface area contributed by atoms with Crippen molar-refractivity contribution in [3.05, 3.63) is 37.5 Å². The van der Waals surface area contributed by atoms with Crippen LogP contribution in [0.3, 0.4) is 0 Å². The summed E-state index contributed by atoms with van der Waals surface area (Å²) in [7, 11) is 0. The second-order valence-electron chi connectivity index (χ2n) is 5.27. The Kier molecular flexibility index (Phi) is 5.47. The fraction of sp³-hybridized carbons (Fsp3) is 0.438. The molecule has 1 amide bonds. The summed E-state index contributed by atoms with van der Waals surface area (Å²) in [6, 6.07) is 1.75. The number of amides is 1.